The first-order chi connectivity index (χ1) is 8.63. The number of nitrogens with zero attached hydrogens (tertiary/aromatic N) is 1. The molecule has 3 heteroatoms. The quantitative estimate of drug-likeness (QED) is 0.889. The van der Waals surface area contributed by atoms with Gasteiger partial charge in [-0.05, 0) is 43.4 Å². The number of aliphatic carboxylic acids is 1. The van der Waals surface area contributed by atoms with Gasteiger partial charge in [-0.1, -0.05) is 31.2 Å². The average Bonchev–Trinajstić information content (AvgIpc) is 2.79. The molecule has 1 aliphatic rings. The monoisotopic (exact) mass is 247 g/mol. The maximum absolute atomic E-state index is 11.2. The molecule has 0 radical (unpaired) electrons. The lowest BCUT2D eigenvalue weighted by atomic mass is 9.94. The maximum Gasteiger partial charge on any atom is 0.320 e. The second-order valence-corrected chi connectivity index (χ2v) is 5.10. The molecule has 1 aromatic carbocycles. The van der Waals surface area contributed by atoms with Crippen LogP contribution in [0.1, 0.15) is 36.8 Å². The van der Waals surface area contributed by atoms with Crippen molar-refractivity contribution in [2.75, 3.05) is 13.1 Å². The third-order valence-electron chi connectivity index (χ3n) is 3.96. The van der Waals surface area contributed by atoms with Crippen molar-refractivity contribution in [2.24, 2.45) is 0 Å². The summed E-state index contributed by atoms with van der Waals surface area (Å²) in [4.78, 5) is 13.3. The number of rotatable bonds is 4. The van der Waals surface area contributed by atoms with Crippen LogP contribution in [-0.4, -0.2) is 35.1 Å². The Kier molecular flexibility index (Phi) is 4.02. The summed E-state index contributed by atoms with van der Waals surface area (Å²) in [6, 6.07) is 8.11. The van der Waals surface area contributed by atoms with E-state index in [9.17, 15) is 9.90 Å². The minimum Gasteiger partial charge on any atom is -0.480 e. The fourth-order valence-electron chi connectivity index (χ4n) is 2.96. The van der Waals surface area contributed by atoms with Gasteiger partial charge in [-0.15, -0.1) is 0 Å². The van der Waals surface area contributed by atoms with Gasteiger partial charge in [0, 0.05) is 6.54 Å². The normalized spacial score (nSPS) is 22.0. The number of carbonyl (C=O) groups is 1. The Morgan fingerprint density at radius 3 is 2.83 bits per heavy atom. The highest BCUT2D eigenvalue weighted by Gasteiger charge is 2.32. The zero-order valence-corrected chi connectivity index (χ0v) is 11.1. The highest BCUT2D eigenvalue weighted by molar-refractivity contribution is 5.73. The molecule has 1 heterocycles. The van der Waals surface area contributed by atoms with E-state index >= 15 is 0 Å². The first kappa shape index (κ1) is 13.1. The Hall–Kier alpha value is -1.35. The van der Waals surface area contributed by atoms with Gasteiger partial charge in [-0.25, -0.2) is 0 Å². The lowest BCUT2D eigenvalue weighted by Crippen LogP contribution is -2.39. The van der Waals surface area contributed by atoms with Gasteiger partial charge in [-0.3, -0.25) is 9.69 Å². The van der Waals surface area contributed by atoms with Gasteiger partial charge >= 0.3 is 5.97 Å². The molecule has 0 aliphatic carbocycles. The fraction of sp³-hybridized carbons (Fsp3) is 0.533. The number of carboxylic acid groups (broad SMARTS) is 1. The van der Waals surface area contributed by atoms with Gasteiger partial charge in [0.05, 0.1) is 0 Å². The number of carboxylic acids is 1. The molecule has 0 bridgehead atoms. The van der Waals surface area contributed by atoms with Crippen molar-refractivity contribution in [3.63, 3.8) is 0 Å². The summed E-state index contributed by atoms with van der Waals surface area (Å²) in [5.74, 6) is -0.206. The zero-order chi connectivity index (χ0) is 13.1. The summed E-state index contributed by atoms with van der Waals surface area (Å²) in [7, 11) is 0. The molecule has 0 spiro atoms. The Balaban J connectivity index is 2.09. The minimum atomic E-state index is -0.692. The first-order valence-corrected chi connectivity index (χ1v) is 6.65. The van der Waals surface area contributed by atoms with E-state index in [1.54, 1.807) is 0 Å². The smallest absolute Gasteiger partial charge is 0.320 e. The average molecular weight is 247 g/mol. The van der Waals surface area contributed by atoms with Crippen LogP contribution < -0.4 is 0 Å². The summed E-state index contributed by atoms with van der Waals surface area (Å²) in [6.45, 7) is 5.84. The molecule has 98 valence electrons. The lowest BCUT2D eigenvalue weighted by Gasteiger charge is -2.23. The van der Waals surface area contributed by atoms with E-state index in [1.165, 1.54) is 11.1 Å². The van der Waals surface area contributed by atoms with E-state index in [0.717, 1.165) is 19.5 Å². The van der Waals surface area contributed by atoms with Crippen LogP contribution in [-0.2, 0) is 4.79 Å². The number of likely N-dealkylation sites (tertiary alicyclic amines) is 1. The van der Waals surface area contributed by atoms with E-state index in [1.807, 2.05) is 6.92 Å². The van der Waals surface area contributed by atoms with Crippen molar-refractivity contribution in [1.29, 1.82) is 0 Å². The number of hydrogen-bond donors (Lipinski definition) is 1. The molecule has 1 saturated heterocycles. The molecule has 18 heavy (non-hydrogen) atoms. The Morgan fingerprint density at radius 1 is 1.50 bits per heavy atom. The van der Waals surface area contributed by atoms with Crippen LogP contribution in [0.4, 0.5) is 0 Å². The summed E-state index contributed by atoms with van der Waals surface area (Å²) in [6.07, 6.45) is 1.74. The standard InChI is InChI=1S/C15H21NO2/c1-3-14(15(17)18)16-9-8-12(10-16)13-7-5-4-6-11(13)2/h4-7,12,14H,3,8-10H2,1-2H3,(H,17,18). The van der Waals surface area contributed by atoms with E-state index in [2.05, 4.69) is 36.1 Å². The molecule has 1 N–H and O–H groups in total. The van der Waals surface area contributed by atoms with Crippen molar-refractivity contribution >= 4 is 5.97 Å². The van der Waals surface area contributed by atoms with Gasteiger partial charge in [-0.2, -0.15) is 0 Å². The third kappa shape index (κ3) is 2.56. The van der Waals surface area contributed by atoms with E-state index < -0.39 is 5.97 Å². The molecule has 2 unspecified atom stereocenters. The molecule has 1 aromatic rings. The van der Waals surface area contributed by atoms with Crippen molar-refractivity contribution in [3.05, 3.63) is 35.4 Å². The van der Waals surface area contributed by atoms with Gasteiger partial charge in [0.2, 0.25) is 0 Å². The van der Waals surface area contributed by atoms with Crippen molar-refractivity contribution < 1.29 is 9.90 Å². The molecule has 0 saturated carbocycles. The highest BCUT2D eigenvalue weighted by atomic mass is 16.4. The van der Waals surface area contributed by atoms with Crippen LogP contribution in [0.15, 0.2) is 24.3 Å². The molecule has 2 atom stereocenters. The second-order valence-electron chi connectivity index (χ2n) is 5.10. The maximum atomic E-state index is 11.2. The Bertz CT molecular complexity index is 430. The van der Waals surface area contributed by atoms with Gasteiger partial charge < -0.3 is 5.11 Å². The second kappa shape index (κ2) is 5.53. The van der Waals surface area contributed by atoms with E-state index in [0.29, 0.717) is 12.3 Å². The van der Waals surface area contributed by atoms with Crippen molar-refractivity contribution in [3.8, 4) is 0 Å². The third-order valence-corrected chi connectivity index (χ3v) is 3.96. The van der Waals surface area contributed by atoms with Crippen LogP contribution >= 0.6 is 0 Å². The summed E-state index contributed by atoms with van der Waals surface area (Å²) in [5.41, 5.74) is 2.69. The molecule has 2 rings (SSSR count). The van der Waals surface area contributed by atoms with Gasteiger partial charge in [0.1, 0.15) is 6.04 Å². The number of aryl methyl sites for hydroxylation is 1. The summed E-state index contributed by atoms with van der Waals surface area (Å²) in [5, 5.41) is 9.20. The number of benzene rings is 1. The predicted octanol–water partition coefficient (Wildman–Crippen LogP) is 2.65. The zero-order valence-electron chi connectivity index (χ0n) is 11.1. The summed E-state index contributed by atoms with van der Waals surface area (Å²) < 4.78 is 0. The predicted molar refractivity (Wildman–Crippen MR) is 71.8 cm³/mol. The fourth-order valence-corrected chi connectivity index (χ4v) is 2.96. The molecule has 0 aromatic heterocycles. The molecule has 3 nitrogen and oxygen atoms in total. The van der Waals surface area contributed by atoms with Crippen LogP contribution in [0.25, 0.3) is 0 Å². The van der Waals surface area contributed by atoms with Crippen molar-refractivity contribution in [2.45, 2.75) is 38.6 Å². The molecular formula is C15H21NO2. The van der Waals surface area contributed by atoms with Crippen LogP contribution in [0.2, 0.25) is 0 Å². The Labute approximate surface area is 108 Å². The van der Waals surface area contributed by atoms with Gasteiger partial charge in [0.25, 0.3) is 0 Å². The van der Waals surface area contributed by atoms with Gasteiger partial charge in [0.15, 0.2) is 0 Å². The minimum absolute atomic E-state index is 0.320. The topological polar surface area (TPSA) is 40.5 Å². The molecule has 0 amide bonds. The largest absolute Gasteiger partial charge is 0.480 e. The molecule has 1 fully saturated rings. The van der Waals surface area contributed by atoms with Crippen molar-refractivity contribution in [1.82, 2.24) is 4.90 Å². The van der Waals surface area contributed by atoms with Crippen LogP contribution in [0.3, 0.4) is 0 Å². The molecule has 1 aliphatic heterocycles. The van der Waals surface area contributed by atoms with Crippen LogP contribution in [0.5, 0.6) is 0 Å². The SMILES string of the molecule is CCC(C(=O)O)N1CCC(c2ccccc2C)C1. The van der Waals surface area contributed by atoms with E-state index in [4.69, 9.17) is 0 Å². The lowest BCUT2D eigenvalue weighted by molar-refractivity contribution is -0.143. The summed E-state index contributed by atoms with van der Waals surface area (Å²) >= 11 is 0. The first-order valence-electron chi connectivity index (χ1n) is 6.65. The molecular weight excluding hydrogens is 226 g/mol. The highest BCUT2D eigenvalue weighted by Crippen LogP contribution is 2.30. The Morgan fingerprint density at radius 2 is 2.22 bits per heavy atom. The van der Waals surface area contributed by atoms with E-state index in [-0.39, 0.29) is 6.04 Å². The van der Waals surface area contributed by atoms with Crippen LogP contribution in [0, 0.1) is 6.92 Å². The number of hydrogen-bond acceptors (Lipinski definition) is 2.